The summed E-state index contributed by atoms with van der Waals surface area (Å²) in [5.41, 5.74) is 4.68. The zero-order chi connectivity index (χ0) is 19.9. The molecule has 0 bridgehead atoms. The van der Waals surface area contributed by atoms with Gasteiger partial charge in [0, 0.05) is 16.6 Å². The van der Waals surface area contributed by atoms with Crippen LogP contribution < -0.4 is 10.2 Å². The van der Waals surface area contributed by atoms with Gasteiger partial charge in [-0.15, -0.1) is 0 Å². The van der Waals surface area contributed by atoms with Crippen molar-refractivity contribution in [3.63, 3.8) is 0 Å². The Bertz CT molecular complexity index is 1000. The molecule has 0 unspecified atom stereocenters. The summed E-state index contributed by atoms with van der Waals surface area (Å²) in [6.45, 7) is 0. The fourth-order valence-electron chi connectivity index (χ4n) is 2.21. The van der Waals surface area contributed by atoms with E-state index in [0.29, 0.717) is 17.0 Å². The summed E-state index contributed by atoms with van der Waals surface area (Å²) >= 11 is 3.32. The number of ether oxygens (including phenoxy) is 1. The first-order valence-corrected chi connectivity index (χ1v) is 8.92. The number of carbonyl (C=O) groups excluding carboxylic acids is 1. The maximum absolute atomic E-state index is 12.1. The van der Waals surface area contributed by atoms with E-state index in [2.05, 4.69) is 26.5 Å². The predicted molar refractivity (Wildman–Crippen MR) is 110 cm³/mol. The van der Waals surface area contributed by atoms with Crippen molar-refractivity contribution in [2.75, 3.05) is 5.43 Å². The number of carbonyl (C=O) groups is 1. The van der Waals surface area contributed by atoms with Gasteiger partial charge < -0.3 is 4.74 Å². The molecule has 0 saturated heterocycles. The number of nitrogens with zero attached hydrogens (tertiary/aromatic N) is 2. The molecule has 7 nitrogen and oxygen atoms in total. The summed E-state index contributed by atoms with van der Waals surface area (Å²) < 4.78 is 6.21. The van der Waals surface area contributed by atoms with Crippen LogP contribution >= 0.6 is 15.9 Å². The molecule has 28 heavy (non-hydrogen) atoms. The average Bonchev–Trinajstić information content (AvgIpc) is 2.70. The Hall–Kier alpha value is -3.52. The second kappa shape index (κ2) is 8.92. The van der Waals surface area contributed by atoms with Crippen LogP contribution in [0, 0.1) is 10.1 Å². The fraction of sp³-hybridized carbons (Fsp3) is 0. The van der Waals surface area contributed by atoms with E-state index in [4.69, 9.17) is 4.74 Å². The Labute approximate surface area is 168 Å². The molecular formula is C20H14BrN3O4. The Morgan fingerprint density at radius 3 is 2.25 bits per heavy atom. The molecule has 0 fully saturated rings. The molecule has 0 atom stereocenters. The Kier molecular flexibility index (Phi) is 6.13. The second-order valence-corrected chi connectivity index (χ2v) is 6.56. The van der Waals surface area contributed by atoms with Gasteiger partial charge in [-0.25, -0.2) is 4.79 Å². The van der Waals surface area contributed by atoms with E-state index in [1.54, 1.807) is 66.9 Å². The largest absolute Gasteiger partial charge is 0.423 e. The van der Waals surface area contributed by atoms with Gasteiger partial charge in [-0.2, -0.15) is 5.10 Å². The zero-order valence-corrected chi connectivity index (χ0v) is 16.0. The SMILES string of the molecule is O=C(Oc1ccc(/C=N\Nc2ccc([N+](=O)[O-])cc2)cc1)c1ccc(Br)cc1. The second-order valence-electron chi connectivity index (χ2n) is 5.64. The lowest BCUT2D eigenvalue weighted by molar-refractivity contribution is -0.384. The summed E-state index contributed by atoms with van der Waals surface area (Å²) in [5, 5.41) is 14.7. The standard InChI is InChI=1S/C20H14BrN3O4/c21-16-5-3-15(4-6-16)20(25)28-19-11-1-14(2-12-19)13-22-23-17-7-9-18(10-8-17)24(26)27/h1-13,23H/b22-13-. The topological polar surface area (TPSA) is 93.8 Å². The van der Waals surface area contributed by atoms with Gasteiger partial charge in [0.1, 0.15) is 5.75 Å². The normalized spacial score (nSPS) is 10.6. The molecule has 0 heterocycles. The number of hydrogen-bond acceptors (Lipinski definition) is 6. The van der Waals surface area contributed by atoms with E-state index in [0.717, 1.165) is 10.0 Å². The van der Waals surface area contributed by atoms with E-state index >= 15 is 0 Å². The molecule has 0 saturated carbocycles. The van der Waals surface area contributed by atoms with Gasteiger partial charge in [-0.05, 0) is 66.2 Å². The molecule has 8 heteroatoms. The quantitative estimate of drug-likeness (QED) is 0.191. The summed E-state index contributed by atoms with van der Waals surface area (Å²) in [7, 11) is 0. The van der Waals surface area contributed by atoms with Gasteiger partial charge in [-0.3, -0.25) is 15.5 Å². The lowest BCUT2D eigenvalue weighted by atomic mass is 10.2. The molecule has 3 aromatic carbocycles. The number of rotatable bonds is 6. The van der Waals surface area contributed by atoms with Crippen LogP contribution in [0.15, 0.2) is 82.4 Å². The van der Waals surface area contributed by atoms with Crippen LogP contribution in [0.5, 0.6) is 5.75 Å². The zero-order valence-electron chi connectivity index (χ0n) is 14.4. The van der Waals surface area contributed by atoms with Crippen molar-refractivity contribution >= 4 is 39.5 Å². The molecule has 0 aliphatic heterocycles. The van der Waals surface area contributed by atoms with Crippen LogP contribution in [-0.4, -0.2) is 17.1 Å². The van der Waals surface area contributed by atoms with Crippen LogP contribution in [0.4, 0.5) is 11.4 Å². The summed E-state index contributed by atoms with van der Waals surface area (Å²) in [6, 6.07) is 19.7. The lowest BCUT2D eigenvalue weighted by Gasteiger charge is -2.05. The minimum absolute atomic E-state index is 0.0165. The number of non-ortho nitro benzene ring substituents is 1. The molecule has 0 radical (unpaired) electrons. The number of nitro benzene ring substituents is 1. The van der Waals surface area contributed by atoms with Crippen LogP contribution in [0.3, 0.4) is 0 Å². The highest BCUT2D eigenvalue weighted by molar-refractivity contribution is 9.10. The third-order valence-corrected chi connectivity index (χ3v) is 4.18. The Morgan fingerprint density at radius 2 is 1.64 bits per heavy atom. The van der Waals surface area contributed by atoms with Crippen molar-refractivity contribution in [2.24, 2.45) is 5.10 Å². The highest BCUT2D eigenvalue weighted by Gasteiger charge is 2.08. The highest BCUT2D eigenvalue weighted by atomic mass is 79.9. The van der Waals surface area contributed by atoms with Crippen molar-refractivity contribution in [1.29, 1.82) is 0 Å². The first-order chi connectivity index (χ1) is 13.5. The fourth-order valence-corrected chi connectivity index (χ4v) is 2.48. The molecule has 0 aromatic heterocycles. The number of hydrogen-bond donors (Lipinski definition) is 1. The highest BCUT2D eigenvalue weighted by Crippen LogP contribution is 2.17. The van der Waals surface area contributed by atoms with Crippen LogP contribution in [0.2, 0.25) is 0 Å². The third kappa shape index (κ3) is 5.24. The van der Waals surface area contributed by atoms with Gasteiger partial charge in [0.05, 0.1) is 22.4 Å². The minimum Gasteiger partial charge on any atom is -0.423 e. The van der Waals surface area contributed by atoms with Crippen LogP contribution in [0.1, 0.15) is 15.9 Å². The smallest absolute Gasteiger partial charge is 0.343 e. The van der Waals surface area contributed by atoms with Crippen molar-refractivity contribution in [3.8, 4) is 5.75 Å². The van der Waals surface area contributed by atoms with Crippen molar-refractivity contribution < 1.29 is 14.5 Å². The van der Waals surface area contributed by atoms with Gasteiger partial charge in [0.2, 0.25) is 0 Å². The van der Waals surface area contributed by atoms with E-state index in [1.807, 2.05) is 0 Å². The van der Waals surface area contributed by atoms with Crippen molar-refractivity contribution in [3.05, 3.63) is 98.5 Å². The number of esters is 1. The number of nitrogens with one attached hydrogen (secondary N) is 1. The molecule has 0 spiro atoms. The molecule has 3 rings (SSSR count). The molecule has 1 N–H and O–H groups in total. The minimum atomic E-state index is -0.460. The van der Waals surface area contributed by atoms with Crippen LogP contribution in [-0.2, 0) is 0 Å². The van der Waals surface area contributed by atoms with Gasteiger partial charge in [0.15, 0.2) is 0 Å². The van der Waals surface area contributed by atoms with Gasteiger partial charge >= 0.3 is 5.97 Å². The van der Waals surface area contributed by atoms with Gasteiger partial charge in [-0.1, -0.05) is 15.9 Å². The number of benzene rings is 3. The summed E-state index contributed by atoms with van der Waals surface area (Å²) in [4.78, 5) is 22.3. The lowest BCUT2D eigenvalue weighted by Crippen LogP contribution is -2.08. The molecule has 140 valence electrons. The van der Waals surface area contributed by atoms with E-state index in [9.17, 15) is 14.9 Å². The molecule has 3 aromatic rings. The van der Waals surface area contributed by atoms with E-state index in [-0.39, 0.29) is 5.69 Å². The molecule has 0 aliphatic rings. The maximum Gasteiger partial charge on any atom is 0.343 e. The first-order valence-electron chi connectivity index (χ1n) is 8.12. The number of hydrazone groups is 1. The summed E-state index contributed by atoms with van der Waals surface area (Å²) in [5.74, 6) is -0.0119. The van der Waals surface area contributed by atoms with E-state index in [1.165, 1.54) is 12.1 Å². The number of halogens is 1. The monoisotopic (exact) mass is 439 g/mol. The number of nitro groups is 1. The van der Waals surface area contributed by atoms with Crippen LogP contribution in [0.25, 0.3) is 0 Å². The third-order valence-electron chi connectivity index (χ3n) is 3.66. The molecule has 0 aliphatic carbocycles. The average molecular weight is 440 g/mol. The van der Waals surface area contributed by atoms with Crippen molar-refractivity contribution in [1.82, 2.24) is 0 Å². The predicted octanol–water partition coefficient (Wildman–Crippen LogP) is 5.02. The Balaban J connectivity index is 1.56. The van der Waals surface area contributed by atoms with E-state index < -0.39 is 10.9 Å². The first kappa shape index (κ1) is 19.2. The maximum atomic E-state index is 12.1. The van der Waals surface area contributed by atoms with Crippen molar-refractivity contribution in [2.45, 2.75) is 0 Å². The summed E-state index contributed by atoms with van der Waals surface area (Å²) in [6.07, 6.45) is 1.59. The molecular weight excluding hydrogens is 426 g/mol. The molecule has 0 amide bonds. The number of anilines is 1. The van der Waals surface area contributed by atoms with Gasteiger partial charge in [0.25, 0.3) is 5.69 Å². The Morgan fingerprint density at radius 1 is 1.00 bits per heavy atom.